The van der Waals surface area contributed by atoms with Gasteiger partial charge in [-0.05, 0) is 68.4 Å². The molecule has 9 N–H and O–H groups in total. The third-order valence-corrected chi connectivity index (χ3v) is 12.9. The molecule has 1 aliphatic heterocycles. The van der Waals surface area contributed by atoms with E-state index in [0.717, 1.165) is 16.0 Å². The van der Waals surface area contributed by atoms with Gasteiger partial charge in [-0.3, -0.25) is 33.6 Å². The first-order chi connectivity index (χ1) is 34.0. The molecular formula is C51H69N7O13S. The predicted molar refractivity (Wildman–Crippen MR) is 270 cm³/mol. The number of hydrogen-bond acceptors (Lipinski definition) is 12. The molecule has 1 fully saturated rings. The minimum Gasteiger partial charge on any atom is -0.508 e. The predicted octanol–water partition coefficient (Wildman–Crippen LogP) is 2.22. The summed E-state index contributed by atoms with van der Waals surface area (Å²) in [6.45, 7) is 11.4. The first-order valence-corrected chi connectivity index (χ1v) is 24.8. The van der Waals surface area contributed by atoms with Crippen LogP contribution in [0.5, 0.6) is 5.75 Å². The van der Waals surface area contributed by atoms with Crippen molar-refractivity contribution in [2.45, 2.75) is 109 Å². The Bertz CT molecular complexity index is 2330. The minimum atomic E-state index is -1.91. The molecule has 0 bridgehead atoms. The molecule has 1 saturated heterocycles. The Morgan fingerprint density at radius 2 is 1.42 bits per heavy atom. The van der Waals surface area contributed by atoms with Crippen molar-refractivity contribution in [3.05, 3.63) is 102 Å². The molecule has 2 aromatic carbocycles. The van der Waals surface area contributed by atoms with E-state index in [1.54, 1.807) is 25.5 Å². The van der Waals surface area contributed by atoms with Crippen molar-refractivity contribution >= 4 is 65.1 Å². The summed E-state index contributed by atoms with van der Waals surface area (Å²) in [6.07, 6.45) is 6.25. The summed E-state index contributed by atoms with van der Waals surface area (Å²) in [6, 6.07) is 6.52. The Labute approximate surface area is 424 Å². The second-order valence-corrected chi connectivity index (χ2v) is 18.8. The van der Waals surface area contributed by atoms with Gasteiger partial charge in [0.1, 0.15) is 41.7 Å². The highest BCUT2D eigenvalue weighted by molar-refractivity contribution is 7.98. The summed E-state index contributed by atoms with van der Waals surface area (Å²) in [5, 5.41) is 45.5. The van der Waals surface area contributed by atoms with Crippen LogP contribution in [0.1, 0.15) is 65.0 Å². The van der Waals surface area contributed by atoms with Gasteiger partial charge in [0, 0.05) is 32.9 Å². The van der Waals surface area contributed by atoms with Crippen molar-refractivity contribution in [1.29, 1.82) is 0 Å². The van der Waals surface area contributed by atoms with Gasteiger partial charge < -0.3 is 56.9 Å². The number of amides is 7. The van der Waals surface area contributed by atoms with Crippen molar-refractivity contribution in [3.8, 4) is 5.75 Å². The zero-order valence-electron chi connectivity index (χ0n) is 41.9. The number of nitrogens with one attached hydrogen (secondary N) is 6. The number of benzene rings is 2. The van der Waals surface area contributed by atoms with Crippen LogP contribution in [-0.2, 0) is 60.7 Å². The molecule has 10 atom stereocenters. The molecule has 0 aromatic heterocycles. The van der Waals surface area contributed by atoms with Crippen LogP contribution in [0.25, 0.3) is 0 Å². The van der Waals surface area contributed by atoms with E-state index in [-0.39, 0.29) is 30.6 Å². The molecule has 72 heavy (non-hydrogen) atoms. The minimum absolute atomic E-state index is 0.0360. The Morgan fingerprint density at radius 1 is 0.806 bits per heavy atom. The lowest BCUT2D eigenvalue weighted by atomic mass is 9.94. The number of aliphatic carboxylic acids is 2. The number of carboxylic acids is 2. The number of hydrogen-bond donors (Lipinski definition) is 9. The number of carbonyl (C=O) groups is 9. The number of methoxy groups -OCH3 is 1. The Morgan fingerprint density at radius 3 is 2.01 bits per heavy atom. The fourth-order valence-corrected chi connectivity index (χ4v) is 8.03. The van der Waals surface area contributed by atoms with Gasteiger partial charge in [-0.15, -0.1) is 0 Å². The zero-order valence-corrected chi connectivity index (χ0v) is 42.7. The second kappa shape index (κ2) is 28.7. The fourth-order valence-electron chi connectivity index (χ4n) is 7.56. The first-order valence-electron chi connectivity index (χ1n) is 23.4. The third kappa shape index (κ3) is 18.3. The van der Waals surface area contributed by atoms with Gasteiger partial charge in [-0.1, -0.05) is 93.6 Å². The number of rotatable bonds is 14. The van der Waals surface area contributed by atoms with E-state index >= 15 is 0 Å². The smallest absolute Gasteiger partial charge is 0.327 e. The van der Waals surface area contributed by atoms with Crippen LogP contribution < -0.4 is 31.9 Å². The monoisotopic (exact) mass is 1020 g/mol. The molecule has 10 unspecified atom stereocenters. The Hall–Kier alpha value is -7.00. The van der Waals surface area contributed by atoms with E-state index in [9.17, 15) is 58.5 Å². The molecule has 1 heterocycles. The number of aromatic hydroxyl groups is 1. The van der Waals surface area contributed by atoms with Crippen molar-refractivity contribution in [2.24, 2.45) is 17.8 Å². The largest absolute Gasteiger partial charge is 0.508 e. The van der Waals surface area contributed by atoms with Crippen molar-refractivity contribution in [2.75, 3.05) is 26.2 Å². The van der Waals surface area contributed by atoms with Gasteiger partial charge >= 0.3 is 11.9 Å². The van der Waals surface area contributed by atoms with E-state index < -0.39 is 120 Å². The van der Waals surface area contributed by atoms with Gasteiger partial charge in [0.05, 0.1) is 24.0 Å². The van der Waals surface area contributed by atoms with Crippen LogP contribution in [0.4, 0.5) is 0 Å². The number of nitrogens with zero attached hydrogens (tertiary/aromatic N) is 1. The SMILES string of the molecule is C=C1C(=O)NC(C)C(=O)NC(Cc2ccc(O)cc2)C(=O)NC(C(=O)O)C(C)C(=O)NC(CCSC)C(=O)NC(/C=C/C(C)=C/C(C)C(Cc2ccccc2)OC)C(C)C(=O)NC(C(=O)O)CCC(=O)N1C. The lowest BCUT2D eigenvalue weighted by molar-refractivity contribution is -0.146. The van der Waals surface area contributed by atoms with Gasteiger partial charge in [-0.2, -0.15) is 11.8 Å². The molecule has 0 spiro atoms. The molecule has 3 rings (SSSR count). The van der Waals surface area contributed by atoms with E-state index in [1.165, 1.54) is 63.8 Å². The molecule has 20 nitrogen and oxygen atoms in total. The van der Waals surface area contributed by atoms with Crippen LogP contribution in [0.15, 0.2) is 90.7 Å². The van der Waals surface area contributed by atoms with E-state index in [2.05, 4.69) is 38.5 Å². The first kappa shape index (κ1) is 59.3. The summed E-state index contributed by atoms with van der Waals surface area (Å²) in [5.74, 6) is -11.9. The number of carbonyl (C=O) groups excluding carboxylic acids is 7. The maximum Gasteiger partial charge on any atom is 0.327 e. The molecule has 7 amide bonds. The molecule has 2 aromatic rings. The van der Waals surface area contributed by atoms with Crippen LogP contribution >= 0.6 is 11.8 Å². The number of allylic oxidation sites excluding steroid dienone is 2. The second-order valence-electron chi connectivity index (χ2n) is 17.8. The standard InChI is InChI=1S/C51H69N7O13S/c1-28(25-29(2)41(71-8)27-34-13-11-10-12-14-34)15-20-37-30(3)44(61)55-39(50(67)68)21-22-42(60)58(7)33(6)47(64)52-32(5)46(63)56-40(26-35-16-18-36(59)19-17-35)49(66)57-43(51(69)70)31(4)45(62)54-38(23-24-72-9)48(65)53-37/h10-20,25,29-32,37-41,43,59H,6,21-24,26-27H2,1-5,7-9H3,(H,52,64)(H,53,65)(H,54,62)(H,55,61)(H,56,63)(H,57,66)(H,67,68)(H,69,70)/b20-15+,28-25+. The van der Waals surface area contributed by atoms with Gasteiger partial charge in [-0.25, -0.2) is 9.59 Å². The summed E-state index contributed by atoms with van der Waals surface area (Å²) >= 11 is 1.35. The molecule has 392 valence electrons. The molecule has 1 aliphatic rings. The van der Waals surface area contributed by atoms with Gasteiger partial charge in [0.2, 0.25) is 35.4 Å². The summed E-state index contributed by atoms with van der Waals surface area (Å²) in [5.41, 5.74) is 1.79. The lowest BCUT2D eigenvalue weighted by Crippen LogP contribution is -2.59. The highest BCUT2D eigenvalue weighted by Gasteiger charge is 2.37. The van der Waals surface area contributed by atoms with Crippen molar-refractivity contribution < 1.29 is 63.2 Å². The summed E-state index contributed by atoms with van der Waals surface area (Å²) < 4.78 is 5.82. The number of phenolic OH excluding ortho intramolecular Hbond substituents is 1. The third-order valence-electron chi connectivity index (χ3n) is 12.3. The highest BCUT2D eigenvalue weighted by atomic mass is 32.2. The number of thioether (sulfide) groups is 1. The number of phenols is 1. The molecular weight excluding hydrogens is 951 g/mol. The normalized spacial score (nSPS) is 25.1. The van der Waals surface area contributed by atoms with E-state index in [0.29, 0.717) is 17.7 Å². The quantitative estimate of drug-likeness (QED) is 0.0969. The van der Waals surface area contributed by atoms with Crippen LogP contribution in [-0.4, -0.2) is 142 Å². The van der Waals surface area contributed by atoms with Gasteiger partial charge in [0.25, 0.3) is 5.91 Å². The van der Waals surface area contributed by atoms with E-state index in [1.807, 2.05) is 50.3 Å². The number of ether oxygens (including phenoxy) is 1. The van der Waals surface area contributed by atoms with E-state index in [4.69, 9.17) is 4.74 Å². The Kier molecular flexibility index (Phi) is 23.7. The topological polar surface area (TPSA) is 299 Å². The summed E-state index contributed by atoms with van der Waals surface area (Å²) in [7, 11) is 2.82. The highest BCUT2D eigenvalue weighted by Crippen LogP contribution is 2.19. The van der Waals surface area contributed by atoms with Crippen molar-refractivity contribution in [3.63, 3.8) is 0 Å². The van der Waals surface area contributed by atoms with Crippen LogP contribution in [0.3, 0.4) is 0 Å². The molecule has 0 saturated carbocycles. The van der Waals surface area contributed by atoms with Crippen LogP contribution in [0, 0.1) is 17.8 Å². The maximum absolute atomic E-state index is 14.3. The molecule has 21 heteroatoms. The van der Waals surface area contributed by atoms with Gasteiger partial charge in [0.15, 0.2) is 0 Å². The average Bonchev–Trinajstić information content (AvgIpc) is 3.34. The number of carboxylic acid groups (broad SMARTS) is 2. The maximum atomic E-state index is 14.3. The number of likely N-dealkylation sites (N-methyl/N-ethyl adjacent to an activating group) is 1. The summed E-state index contributed by atoms with van der Waals surface area (Å²) in [4.78, 5) is 122. The zero-order chi connectivity index (χ0) is 53.8. The molecule has 0 aliphatic carbocycles. The Balaban J connectivity index is 2.10. The van der Waals surface area contributed by atoms with Crippen molar-refractivity contribution in [1.82, 2.24) is 36.8 Å². The lowest BCUT2D eigenvalue weighted by Gasteiger charge is -2.28. The fraction of sp³-hybridized carbons (Fsp3) is 0.471. The average molecular weight is 1020 g/mol. The van der Waals surface area contributed by atoms with Crippen LogP contribution in [0.2, 0.25) is 0 Å². The molecule has 0 radical (unpaired) electrons.